The maximum Gasteiger partial charge on any atom is 0.339 e. The number of rotatable bonds is 2. The molecule has 2 heterocycles. The molecule has 2 aromatic heterocycles. The molecule has 0 unspecified atom stereocenters. The van der Waals surface area contributed by atoms with E-state index in [0.29, 0.717) is 5.69 Å². The van der Waals surface area contributed by atoms with Crippen molar-refractivity contribution in [3.05, 3.63) is 42.2 Å². The summed E-state index contributed by atoms with van der Waals surface area (Å²) >= 11 is 0. The Morgan fingerprint density at radius 2 is 2.18 bits per heavy atom. The van der Waals surface area contributed by atoms with Crippen molar-refractivity contribution in [2.24, 2.45) is 0 Å². The molecule has 5 heteroatoms. The van der Waals surface area contributed by atoms with Crippen molar-refractivity contribution in [1.29, 1.82) is 0 Å². The molecular weight excluding hydrogens is 218 g/mol. The van der Waals surface area contributed by atoms with Gasteiger partial charge in [0.25, 0.3) is 0 Å². The van der Waals surface area contributed by atoms with E-state index in [1.807, 2.05) is 30.5 Å². The van der Waals surface area contributed by atoms with E-state index in [-0.39, 0.29) is 5.56 Å². The summed E-state index contributed by atoms with van der Waals surface area (Å²) in [5.74, 6) is -0.986. The summed E-state index contributed by atoms with van der Waals surface area (Å²) < 4.78 is 0. The van der Waals surface area contributed by atoms with Crippen LogP contribution in [0.1, 0.15) is 10.4 Å². The smallest absolute Gasteiger partial charge is 0.339 e. The van der Waals surface area contributed by atoms with E-state index in [1.165, 1.54) is 6.20 Å². The van der Waals surface area contributed by atoms with Gasteiger partial charge >= 0.3 is 5.97 Å². The van der Waals surface area contributed by atoms with Crippen molar-refractivity contribution in [2.45, 2.75) is 0 Å². The van der Waals surface area contributed by atoms with E-state index in [0.717, 1.165) is 16.5 Å². The van der Waals surface area contributed by atoms with Crippen LogP contribution in [0, 0.1) is 0 Å². The second kappa shape index (κ2) is 3.48. The van der Waals surface area contributed by atoms with Crippen LogP contribution in [-0.2, 0) is 0 Å². The van der Waals surface area contributed by atoms with Crippen LogP contribution in [0.15, 0.2) is 36.7 Å². The van der Waals surface area contributed by atoms with Gasteiger partial charge in [0.1, 0.15) is 5.56 Å². The van der Waals surface area contributed by atoms with E-state index in [2.05, 4.69) is 15.2 Å². The molecule has 0 amide bonds. The van der Waals surface area contributed by atoms with E-state index < -0.39 is 5.97 Å². The number of carboxylic acid groups (broad SMARTS) is 1. The minimum Gasteiger partial charge on any atom is -0.478 e. The zero-order valence-corrected chi connectivity index (χ0v) is 8.77. The standard InChI is InChI=1S/C12H9N3O2/c16-12(17)9-6-14-15-11(9)8-2-1-7-3-4-13-10(7)5-8/h1-6,13H,(H,14,15)(H,16,17). The van der Waals surface area contributed by atoms with Gasteiger partial charge in [-0.25, -0.2) is 4.79 Å². The third-order valence-electron chi connectivity index (χ3n) is 2.71. The van der Waals surface area contributed by atoms with Crippen LogP contribution in [0.3, 0.4) is 0 Å². The number of aromatic nitrogens is 3. The summed E-state index contributed by atoms with van der Waals surface area (Å²) in [6, 6.07) is 7.67. The first-order chi connectivity index (χ1) is 8.25. The quantitative estimate of drug-likeness (QED) is 0.628. The van der Waals surface area contributed by atoms with Gasteiger partial charge in [0.15, 0.2) is 0 Å². The molecule has 0 saturated carbocycles. The van der Waals surface area contributed by atoms with Crippen LogP contribution in [0.25, 0.3) is 22.2 Å². The lowest BCUT2D eigenvalue weighted by atomic mass is 10.1. The highest BCUT2D eigenvalue weighted by molar-refractivity contribution is 5.96. The number of aromatic amines is 2. The van der Waals surface area contributed by atoms with Crippen LogP contribution >= 0.6 is 0 Å². The number of aromatic carboxylic acids is 1. The molecule has 0 aliphatic rings. The van der Waals surface area contributed by atoms with Gasteiger partial charge in [-0.3, -0.25) is 5.10 Å². The second-order valence-electron chi connectivity index (χ2n) is 3.74. The van der Waals surface area contributed by atoms with E-state index in [9.17, 15) is 4.79 Å². The zero-order chi connectivity index (χ0) is 11.8. The number of nitrogens with zero attached hydrogens (tertiary/aromatic N) is 1. The zero-order valence-electron chi connectivity index (χ0n) is 8.77. The molecule has 3 N–H and O–H groups in total. The molecule has 84 valence electrons. The Bertz CT molecular complexity index is 696. The van der Waals surface area contributed by atoms with Gasteiger partial charge < -0.3 is 10.1 Å². The normalized spacial score (nSPS) is 10.8. The topological polar surface area (TPSA) is 81.8 Å². The third-order valence-corrected chi connectivity index (χ3v) is 2.71. The lowest BCUT2D eigenvalue weighted by Crippen LogP contribution is -1.96. The first kappa shape index (κ1) is 9.65. The lowest BCUT2D eigenvalue weighted by Gasteiger charge is -2.00. The highest BCUT2D eigenvalue weighted by Crippen LogP contribution is 2.24. The number of nitrogens with one attached hydrogen (secondary N) is 2. The molecule has 3 rings (SSSR count). The molecule has 3 aromatic rings. The fraction of sp³-hybridized carbons (Fsp3) is 0. The fourth-order valence-electron chi connectivity index (χ4n) is 1.87. The maximum atomic E-state index is 11.0. The molecule has 0 bridgehead atoms. The van der Waals surface area contributed by atoms with Crippen molar-refractivity contribution < 1.29 is 9.90 Å². The average molecular weight is 227 g/mol. The average Bonchev–Trinajstić information content (AvgIpc) is 2.96. The number of benzene rings is 1. The number of carboxylic acids is 1. The monoisotopic (exact) mass is 227 g/mol. The first-order valence-electron chi connectivity index (χ1n) is 5.10. The van der Waals surface area contributed by atoms with E-state index >= 15 is 0 Å². The highest BCUT2D eigenvalue weighted by Gasteiger charge is 2.14. The summed E-state index contributed by atoms with van der Waals surface area (Å²) in [5.41, 5.74) is 2.47. The third kappa shape index (κ3) is 1.48. The SMILES string of the molecule is O=C(O)c1cn[nH]c1-c1ccc2cc[nH]c2c1. The largest absolute Gasteiger partial charge is 0.478 e. The fourth-order valence-corrected chi connectivity index (χ4v) is 1.87. The maximum absolute atomic E-state index is 11.0. The molecule has 5 nitrogen and oxygen atoms in total. The Morgan fingerprint density at radius 1 is 1.29 bits per heavy atom. The van der Waals surface area contributed by atoms with E-state index in [4.69, 9.17) is 5.11 Å². The van der Waals surface area contributed by atoms with Crippen molar-refractivity contribution >= 4 is 16.9 Å². The van der Waals surface area contributed by atoms with Crippen molar-refractivity contribution in [3.63, 3.8) is 0 Å². The predicted molar refractivity (Wildman–Crippen MR) is 62.8 cm³/mol. The van der Waals surface area contributed by atoms with Gasteiger partial charge in [-0.1, -0.05) is 12.1 Å². The number of hydrogen-bond acceptors (Lipinski definition) is 2. The Balaban J connectivity index is 2.19. The van der Waals surface area contributed by atoms with Gasteiger partial charge in [0.05, 0.1) is 11.9 Å². The minimum absolute atomic E-state index is 0.177. The predicted octanol–water partition coefficient (Wildman–Crippen LogP) is 2.26. The molecule has 0 aliphatic carbocycles. The van der Waals surface area contributed by atoms with E-state index in [1.54, 1.807) is 0 Å². The van der Waals surface area contributed by atoms with Crippen LogP contribution in [0.5, 0.6) is 0 Å². The summed E-state index contributed by atoms with van der Waals surface area (Å²) in [7, 11) is 0. The number of hydrogen-bond donors (Lipinski definition) is 3. The number of H-pyrrole nitrogens is 2. The Kier molecular flexibility index (Phi) is 1.98. The van der Waals surface area contributed by atoms with Gasteiger partial charge in [0.2, 0.25) is 0 Å². The summed E-state index contributed by atoms with van der Waals surface area (Å²) in [6.07, 6.45) is 3.16. The summed E-state index contributed by atoms with van der Waals surface area (Å²) in [5, 5.41) is 16.6. The highest BCUT2D eigenvalue weighted by atomic mass is 16.4. The second-order valence-corrected chi connectivity index (χ2v) is 3.74. The molecule has 0 fully saturated rings. The van der Waals surface area contributed by atoms with Crippen LogP contribution in [-0.4, -0.2) is 26.3 Å². The first-order valence-corrected chi connectivity index (χ1v) is 5.10. The molecule has 17 heavy (non-hydrogen) atoms. The molecule has 0 aliphatic heterocycles. The van der Waals surface area contributed by atoms with Crippen molar-refractivity contribution in [2.75, 3.05) is 0 Å². The van der Waals surface area contributed by atoms with Crippen LogP contribution in [0.2, 0.25) is 0 Å². The Hall–Kier alpha value is -2.56. The number of fused-ring (bicyclic) bond motifs is 1. The van der Waals surface area contributed by atoms with Crippen molar-refractivity contribution in [1.82, 2.24) is 15.2 Å². The van der Waals surface area contributed by atoms with Crippen LogP contribution < -0.4 is 0 Å². The molecule has 0 spiro atoms. The molecule has 0 saturated heterocycles. The van der Waals surface area contributed by atoms with Crippen molar-refractivity contribution in [3.8, 4) is 11.3 Å². The lowest BCUT2D eigenvalue weighted by molar-refractivity contribution is 0.0698. The van der Waals surface area contributed by atoms with Gasteiger partial charge in [-0.2, -0.15) is 5.10 Å². The molecular formula is C12H9N3O2. The van der Waals surface area contributed by atoms with Gasteiger partial charge in [-0.05, 0) is 17.5 Å². The minimum atomic E-state index is -0.986. The molecule has 1 aromatic carbocycles. The Labute approximate surface area is 96.1 Å². The van der Waals surface area contributed by atoms with Gasteiger partial charge in [0, 0.05) is 17.3 Å². The molecule has 0 atom stereocenters. The summed E-state index contributed by atoms with van der Waals surface area (Å²) in [6.45, 7) is 0. The summed E-state index contributed by atoms with van der Waals surface area (Å²) in [4.78, 5) is 14.1. The van der Waals surface area contributed by atoms with Gasteiger partial charge in [-0.15, -0.1) is 0 Å². The number of carbonyl (C=O) groups is 1. The van der Waals surface area contributed by atoms with Crippen LogP contribution in [0.4, 0.5) is 0 Å². The Morgan fingerprint density at radius 3 is 3.00 bits per heavy atom. The molecule has 0 radical (unpaired) electrons.